The molecule has 3 aromatic rings. The second kappa shape index (κ2) is 9.22. The average Bonchev–Trinajstić information content (AvgIpc) is 3.06. The Hall–Kier alpha value is -1.32. The summed E-state index contributed by atoms with van der Waals surface area (Å²) >= 11 is 0.177. The minimum atomic E-state index is 0.177. The molecular weight excluding hydrogens is 472 g/mol. The molecule has 4 heteroatoms. The van der Waals surface area contributed by atoms with Gasteiger partial charge in [0.1, 0.15) is 0 Å². The Balaban J connectivity index is 2.19. The van der Waals surface area contributed by atoms with Gasteiger partial charge in [0.05, 0.1) is 0 Å². The molecule has 0 aliphatic heterocycles. The van der Waals surface area contributed by atoms with Crippen LogP contribution in [0, 0.1) is 24.4 Å². The fourth-order valence-corrected chi connectivity index (χ4v) is 5.66. The zero-order valence-corrected chi connectivity index (χ0v) is 20.7. The third-order valence-electron chi connectivity index (χ3n) is 5.59. The van der Waals surface area contributed by atoms with Crippen molar-refractivity contribution < 1.29 is 18.2 Å². The SMILES string of the molecule is Cc1cc(C)c(Cn2ccn(-c3c(C(C)C)cccc3C(C)C)[c]2=[Ag-2][Cl])c(C)c1. The van der Waals surface area contributed by atoms with Crippen molar-refractivity contribution in [2.75, 3.05) is 0 Å². The van der Waals surface area contributed by atoms with Gasteiger partial charge < -0.3 is 0 Å². The van der Waals surface area contributed by atoms with Crippen LogP contribution in [0.25, 0.3) is 5.69 Å². The molecule has 1 aromatic heterocycles. The maximum atomic E-state index is 6.55. The molecule has 0 saturated carbocycles. The van der Waals surface area contributed by atoms with Crippen molar-refractivity contribution in [1.29, 1.82) is 0 Å². The van der Waals surface area contributed by atoms with Gasteiger partial charge >= 0.3 is 189 Å². The standard InChI is InChI=1S/C25H32N2.Ag.ClH/c1-17(2)22-9-8-10-23(18(3)4)25(22)27-12-11-26(16-27)15-24-20(6)13-19(5)14-21(24)7;;/h8-14,17-18H,15H2,1-7H3;;1H/q;-1;/p-1. The summed E-state index contributed by atoms with van der Waals surface area (Å²) in [6.45, 7) is 16.5. The van der Waals surface area contributed by atoms with Gasteiger partial charge in [-0.05, 0) is 0 Å². The van der Waals surface area contributed by atoms with Crippen molar-refractivity contribution in [3.63, 3.8) is 0 Å². The van der Waals surface area contributed by atoms with Crippen LogP contribution < -0.4 is 0 Å². The molecule has 0 aliphatic carbocycles. The van der Waals surface area contributed by atoms with E-state index in [1.54, 1.807) is 0 Å². The van der Waals surface area contributed by atoms with Crippen LogP contribution >= 0.6 is 9.19 Å². The first-order valence-electron chi connectivity index (χ1n) is 10.2. The van der Waals surface area contributed by atoms with Crippen LogP contribution in [-0.2, 0) is 24.8 Å². The molecular formula is C25H32AgClN2-2. The normalized spacial score (nSPS) is 13.0. The van der Waals surface area contributed by atoms with E-state index in [1.165, 1.54) is 39.1 Å². The number of nitrogens with zero attached hydrogens (tertiary/aromatic N) is 2. The van der Waals surface area contributed by atoms with Crippen molar-refractivity contribution in [3.05, 3.63) is 79.7 Å². The quantitative estimate of drug-likeness (QED) is 0.324. The summed E-state index contributed by atoms with van der Waals surface area (Å²) in [5.41, 5.74) is 9.44. The van der Waals surface area contributed by atoms with Crippen molar-refractivity contribution in [2.24, 2.45) is 0 Å². The topological polar surface area (TPSA) is 9.86 Å². The average molecular weight is 504 g/mol. The molecule has 29 heavy (non-hydrogen) atoms. The second-order valence-corrected chi connectivity index (χ2v) is 10.2. The van der Waals surface area contributed by atoms with Gasteiger partial charge in [0.25, 0.3) is 0 Å². The molecule has 0 N–H and O–H groups in total. The first-order valence-corrected chi connectivity index (χ1v) is 12.9. The minimum absolute atomic E-state index is 0.177. The number of aryl methyl sites for hydroxylation is 3. The van der Waals surface area contributed by atoms with Gasteiger partial charge in [0, 0.05) is 0 Å². The molecule has 0 fully saturated rings. The molecule has 0 bridgehead atoms. The molecule has 0 saturated heterocycles. The van der Waals surface area contributed by atoms with Gasteiger partial charge in [-0.1, -0.05) is 0 Å². The van der Waals surface area contributed by atoms with Crippen LogP contribution in [0.5, 0.6) is 0 Å². The molecule has 0 radical (unpaired) electrons. The van der Waals surface area contributed by atoms with Crippen molar-refractivity contribution in [1.82, 2.24) is 9.13 Å². The Morgan fingerprint density at radius 2 is 1.45 bits per heavy atom. The van der Waals surface area contributed by atoms with Crippen LogP contribution in [0.4, 0.5) is 0 Å². The number of hydrogen-bond donors (Lipinski definition) is 0. The maximum absolute atomic E-state index is 6.55. The number of halogens is 1. The Labute approximate surface area is 188 Å². The first-order chi connectivity index (χ1) is 13.7. The number of rotatable bonds is 5. The molecule has 0 spiro atoms. The van der Waals surface area contributed by atoms with E-state index in [0.717, 1.165) is 10.2 Å². The molecule has 3 rings (SSSR count). The predicted octanol–water partition coefficient (Wildman–Crippen LogP) is 7.27. The molecule has 0 unspecified atom stereocenters. The molecule has 2 aromatic carbocycles. The summed E-state index contributed by atoms with van der Waals surface area (Å²) in [4.78, 5) is 0. The Kier molecular flexibility index (Phi) is 7.11. The Bertz CT molecular complexity index is 1040. The summed E-state index contributed by atoms with van der Waals surface area (Å²) in [6, 6.07) is 11.2. The number of aromatic nitrogens is 2. The molecule has 0 aliphatic rings. The van der Waals surface area contributed by atoms with Gasteiger partial charge in [0.2, 0.25) is 0 Å². The zero-order valence-electron chi connectivity index (χ0n) is 18.5. The first kappa shape index (κ1) is 22.4. The van der Waals surface area contributed by atoms with E-state index in [2.05, 4.69) is 100 Å². The number of para-hydroxylation sites is 1. The van der Waals surface area contributed by atoms with Crippen LogP contribution in [0.3, 0.4) is 0 Å². The zero-order chi connectivity index (χ0) is 21.3. The number of hydrogen-bond acceptors (Lipinski definition) is 0. The number of imidazole rings is 1. The summed E-state index contributed by atoms with van der Waals surface area (Å²) in [5, 5.41) is 0. The van der Waals surface area contributed by atoms with E-state index >= 15 is 0 Å². The van der Waals surface area contributed by atoms with Crippen LogP contribution in [0.2, 0.25) is 0 Å². The third kappa shape index (κ3) is 4.56. The third-order valence-corrected chi connectivity index (χ3v) is 7.23. The van der Waals surface area contributed by atoms with Gasteiger partial charge in [-0.15, -0.1) is 0 Å². The fourth-order valence-electron chi connectivity index (χ4n) is 4.15. The molecule has 0 amide bonds. The molecule has 2 nitrogen and oxygen atoms in total. The van der Waals surface area contributed by atoms with E-state index in [-0.39, 0.29) is 18.2 Å². The summed E-state index contributed by atoms with van der Waals surface area (Å²) in [7, 11) is 6.55. The summed E-state index contributed by atoms with van der Waals surface area (Å²) in [6.07, 6.45) is 4.38. The van der Waals surface area contributed by atoms with Crippen molar-refractivity contribution in [3.8, 4) is 5.69 Å². The molecule has 162 valence electrons. The van der Waals surface area contributed by atoms with Crippen LogP contribution in [0.15, 0.2) is 42.7 Å². The molecule has 0 atom stereocenters. The van der Waals surface area contributed by atoms with Gasteiger partial charge in [-0.25, -0.2) is 0 Å². The van der Waals surface area contributed by atoms with Gasteiger partial charge in [-0.3, -0.25) is 0 Å². The van der Waals surface area contributed by atoms with Crippen LogP contribution in [-0.4, -0.2) is 9.13 Å². The van der Waals surface area contributed by atoms with Crippen LogP contribution in [0.1, 0.15) is 72.9 Å². The fraction of sp³-hybridized carbons (Fsp3) is 0.400. The van der Waals surface area contributed by atoms with E-state index in [1.807, 2.05) is 0 Å². The number of benzene rings is 2. The monoisotopic (exact) mass is 502 g/mol. The van der Waals surface area contributed by atoms with Crippen molar-refractivity contribution >= 4 is 9.19 Å². The Morgan fingerprint density at radius 3 is 1.93 bits per heavy atom. The Morgan fingerprint density at radius 1 is 0.897 bits per heavy atom. The van der Waals surface area contributed by atoms with E-state index < -0.39 is 0 Å². The van der Waals surface area contributed by atoms with E-state index in [9.17, 15) is 0 Å². The van der Waals surface area contributed by atoms with Gasteiger partial charge in [0.15, 0.2) is 0 Å². The summed E-state index contributed by atoms with van der Waals surface area (Å²) in [5.74, 6) is 0.904. The second-order valence-electron chi connectivity index (χ2n) is 8.56. The van der Waals surface area contributed by atoms with E-state index in [0.29, 0.717) is 11.8 Å². The summed E-state index contributed by atoms with van der Waals surface area (Å²) < 4.78 is 5.80. The predicted molar refractivity (Wildman–Crippen MR) is 121 cm³/mol. The van der Waals surface area contributed by atoms with Crippen molar-refractivity contribution in [2.45, 2.75) is 66.8 Å². The van der Waals surface area contributed by atoms with Gasteiger partial charge in [-0.2, -0.15) is 0 Å². The molecule has 1 heterocycles. The van der Waals surface area contributed by atoms with E-state index in [4.69, 9.17) is 9.19 Å².